The lowest BCUT2D eigenvalue weighted by Crippen LogP contribution is -2.37. The molecule has 0 spiro atoms. The van der Waals surface area contributed by atoms with Crippen molar-refractivity contribution in [2.24, 2.45) is 0 Å². The maximum absolute atomic E-state index is 12.7. The number of rotatable bonds is 16. The summed E-state index contributed by atoms with van der Waals surface area (Å²) in [5.74, 6) is 0. The van der Waals surface area contributed by atoms with Crippen LogP contribution in [0.1, 0.15) is 0 Å². The first-order chi connectivity index (χ1) is 11.5. The van der Waals surface area contributed by atoms with Crippen LogP contribution in [0, 0.1) is 0 Å². The SMILES string of the molecule is C=CC[Si](CC=C)(CC=C)O[P+](=O)O[Si](CC=C)(CC=C)CC=C. The number of hydrogen-bond acceptors (Lipinski definition) is 3. The highest BCUT2D eigenvalue weighted by atomic mass is 31.1. The Morgan fingerprint density at radius 2 is 0.792 bits per heavy atom. The molecule has 0 aromatic carbocycles. The van der Waals surface area contributed by atoms with Gasteiger partial charge in [0.25, 0.3) is 16.6 Å². The third-order valence-electron chi connectivity index (χ3n) is 3.63. The van der Waals surface area contributed by atoms with E-state index in [1.54, 1.807) is 0 Å². The molecular weight excluding hydrogens is 351 g/mol. The Hall–Kier alpha value is -1.11. The van der Waals surface area contributed by atoms with Gasteiger partial charge in [-0.15, -0.1) is 39.5 Å². The van der Waals surface area contributed by atoms with Crippen molar-refractivity contribution in [3.63, 3.8) is 0 Å². The summed E-state index contributed by atoms with van der Waals surface area (Å²) in [6.45, 7) is 22.8. The van der Waals surface area contributed by atoms with Crippen molar-refractivity contribution in [2.45, 2.75) is 36.3 Å². The molecule has 0 heterocycles. The molecule has 0 aromatic rings. The number of hydrogen-bond donors (Lipinski definition) is 0. The standard InChI is InChI=1S/C18H30O3PSi2/c1-7-13-23(14-8-2,15-9-3)20-22(19)21-24(16-10-4,17-11-5)18-12-6/h7-12H,1-6,13-18H2/q+1. The van der Waals surface area contributed by atoms with Gasteiger partial charge in [0.1, 0.15) is 0 Å². The maximum Gasteiger partial charge on any atom is 0.673 e. The summed E-state index contributed by atoms with van der Waals surface area (Å²) in [5, 5.41) is 0. The largest absolute Gasteiger partial charge is 0.673 e. The van der Waals surface area contributed by atoms with Crippen molar-refractivity contribution in [1.82, 2.24) is 0 Å². The molecule has 0 aliphatic heterocycles. The molecule has 0 rings (SSSR count). The van der Waals surface area contributed by atoms with Gasteiger partial charge in [-0.25, -0.2) is 0 Å². The fraction of sp³-hybridized carbons (Fsp3) is 0.333. The van der Waals surface area contributed by atoms with Crippen molar-refractivity contribution < 1.29 is 13.0 Å². The van der Waals surface area contributed by atoms with E-state index in [9.17, 15) is 4.57 Å². The molecule has 0 N–H and O–H groups in total. The Balaban J connectivity index is 5.37. The zero-order valence-electron chi connectivity index (χ0n) is 14.6. The predicted molar refractivity (Wildman–Crippen MR) is 111 cm³/mol. The monoisotopic (exact) mass is 381 g/mol. The lowest BCUT2D eigenvalue weighted by molar-refractivity contribution is 0.405. The molecule has 0 aliphatic carbocycles. The summed E-state index contributed by atoms with van der Waals surface area (Å²) >= 11 is 0. The number of allylic oxidation sites excluding steroid dienone is 6. The van der Waals surface area contributed by atoms with Crippen LogP contribution in [0.3, 0.4) is 0 Å². The fourth-order valence-electron chi connectivity index (χ4n) is 2.64. The zero-order chi connectivity index (χ0) is 18.5. The first kappa shape index (κ1) is 22.9. The molecule has 0 bridgehead atoms. The highest BCUT2D eigenvalue weighted by molar-refractivity contribution is 7.38. The minimum Gasteiger partial charge on any atom is -0.175 e. The molecule has 0 aliphatic rings. The minimum absolute atomic E-state index is 0.675. The first-order valence-corrected chi connectivity index (χ1v) is 14.1. The zero-order valence-corrected chi connectivity index (χ0v) is 17.5. The lowest BCUT2D eigenvalue weighted by atomic mass is 10.7. The van der Waals surface area contributed by atoms with Crippen LogP contribution in [0.5, 0.6) is 0 Å². The van der Waals surface area contributed by atoms with Crippen molar-refractivity contribution in [3.05, 3.63) is 75.9 Å². The molecule has 0 aromatic heterocycles. The van der Waals surface area contributed by atoms with Crippen LogP contribution in [-0.2, 0) is 13.0 Å². The van der Waals surface area contributed by atoms with Gasteiger partial charge in [0, 0.05) is 4.57 Å². The van der Waals surface area contributed by atoms with Gasteiger partial charge in [-0.1, -0.05) is 36.5 Å². The normalized spacial score (nSPS) is 11.3. The topological polar surface area (TPSA) is 35.5 Å². The Morgan fingerprint density at radius 1 is 0.583 bits per heavy atom. The van der Waals surface area contributed by atoms with Crippen LogP contribution in [0.4, 0.5) is 0 Å². The summed E-state index contributed by atoms with van der Waals surface area (Å²) in [6.07, 6.45) is 10.9. The third kappa shape index (κ3) is 7.64. The van der Waals surface area contributed by atoms with Crippen molar-refractivity contribution in [1.29, 1.82) is 0 Å². The molecule has 0 unspecified atom stereocenters. The molecule has 0 atom stereocenters. The molecule has 3 nitrogen and oxygen atoms in total. The minimum atomic E-state index is -2.35. The van der Waals surface area contributed by atoms with Gasteiger partial charge in [0.15, 0.2) is 0 Å². The molecular formula is C18H30O3PSi2+. The van der Waals surface area contributed by atoms with E-state index in [-0.39, 0.29) is 0 Å². The Labute approximate surface area is 150 Å². The molecule has 132 valence electrons. The smallest absolute Gasteiger partial charge is 0.175 e. The first-order valence-electron chi connectivity index (χ1n) is 7.98. The molecule has 24 heavy (non-hydrogen) atoms. The molecule has 0 fully saturated rings. The Kier molecular flexibility index (Phi) is 11.7. The van der Waals surface area contributed by atoms with E-state index in [0.29, 0.717) is 36.3 Å². The second kappa shape index (κ2) is 12.3. The molecule has 0 amide bonds. The molecule has 6 heteroatoms. The summed E-state index contributed by atoms with van der Waals surface area (Å²) in [4.78, 5) is 0. The summed E-state index contributed by atoms with van der Waals surface area (Å²) < 4.78 is 24.7. The van der Waals surface area contributed by atoms with Crippen molar-refractivity contribution in [3.8, 4) is 0 Å². The Morgan fingerprint density at radius 3 is 0.958 bits per heavy atom. The maximum atomic E-state index is 12.7. The quantitative estimate of drug-likeness (QED) is 0.170. The van der Waals surface area contributed by atoms with Crippen LogP contribution in [0.2, 0.25) is 36.3 Å². The fourth-order valence-corrected chi connectivity index (χ4v) is 11.6. The Bertz CT molecular complexity index is 394. The van der Waals surface area contributed by atoms with Crippen LogP contribution < -0.4 is 0 Å². The highest BCUT2D eigenvalue weighted by Crippen LogP contribution is 2.42. The highest BCUT2D eigenvalue weighted by Gasteiger charge is 2.48. The second-order valence-corrected chi connectivity index (χ2v) is 14.8. The summed E-state index contributed by atoms with van der Waals surface area (Å²) in [7, 11) is -6.93. The van der Waals surface area contributed by atoms with Gasteiger partial charge >= 0.3 is 8.25 Å². The van der Waals surface area contributed by atoms with Crippen LogP contribution in [-0.4, -0.2) is 16.6 Å². The molecule has 0 saturated carbocycles. The average Bonchev–Trinajstić information content (AvgIpc) is 2.48. The predicted octanol–water partition coefficient (Wildman–Crippen LogP) is 6.68. The van der Waals surface area contributed by atoms with E-state index in [4.69, 9.17) is 8.43 Å². The van der Waals surface area contributed by atoms with Crippen LogP contribution in [0.25, 0.3) is 0 Å². The third-order valence-corrected chi connectivity index (χ3v) is 14.1. The van der Waals surface area contributed by atoms with E-state index >= 15 is 0 Å². The van der Waals surface area contributed by atoms with Gasteiger partial charge in [0.2, 0.25) is 0 Å². The van der Waals surface area contributed by atoms with Crippen LogP contribution >= 0.6 is 8.25 Å². The second-order valence-electron chi connectivity index (χ2n) is 5.73. The van der Waals surface area contributed by atoms with E-state index in [1.807, 2.05) is 36.5 Å². The summed E-state index contributed by atoms with van der Waals surface area (Å²) in [6, 6.07) is 4.05. The van der Waals surface area contributed by atoms with E-state index in [0.717, 1.165) is 0 Å². The van der Waals surface area contributed by atoms with Gasteiger partial charge in [-0.05, 0) is 36.3 Å². The summed E-state index contributed by atoms with van der Waals surface area (Å²) in [5.41, 5.74) is 0. The van der Waals surface area contributed by atoms with Crippen molar-refractivity contribution >= 4 is 24.9 Å². The van der Waals surface area contributed by atoms with E-state index in [1.165, 1.54) is 0 Å². The van der Waals surface area contributed by atoms with Crippen molar-refractivity contribution in [2.75, 3.05) is 0 Å². The average molecular weight is 382 g/mol. The molecule has 0 saturated heterocycles. The van der Waals surface area contributed by atoms with E-state index in [2.05, 4.69) is 39.5 Å². The van der Waals surface area contributed by atoms with Gasteiger partial charge < -0.3 is 0 Å². The van der Waals surface area contributed by atoms with Gasteiger partial charge in [-0.3, -0.25) is 0 Å². The van der Waals surface area contributed by atoms with Gasteiger partial charge in [-0.2, -0.15) is 8.43 Å². The van der Waals surface area contributed by atoms with Crippen LogP contribution in [0.15, 0.2) is 75.9 Å². The lowest BCUT2D eigenvalue weighted by Gasteiger charge is -2.24. The van der Waals surface area contributed by atoms with E-state index < -0.39 is 24.9 Å². The molecule has 0 radical (unpaired) electrons. The van der Waals surface area contributed by atoms with Gasteiger partial charge in [0.05, 0.1) is 0 Å².